The maximum absolute atomic E-state index is 12.1. The Hall–Kier alpha value is -1.01. The molecule has 7 heteroatoms. The first kappa shape index (κ1) is 7.10. The highest BCUT2D eigenvalue weighted by molar-refractivity contribution is 5.56. The molecule has 1 unspecified atom stereocenters. The van der Waals surface area contributed by atoms with Crippen molar-refractivity contribution in [2.45, 2.75) is 12.7 Å². The fourth-order valence-corrected chi connectivity index (χ4v) is 0.472. The molecule has 0 bridgehead atoms. The first-order chi connectivity index (χ1) is 4.52. The van der Waals surface area contributed by atoms with Gasteiger partial charge in [0.2, 0.25) is 0 Å². The normalized spacial score (nSPS) is 25.2. The molecule has 1 heterocycles. The van der Waals surface area contributed by atoms with Gasteiger partial charge in [0, 0.05) is 0 Å². The molecule has 1 aliphatic heterocycles. The molecule has 1 atom stereocenters. The second-order valence-electron chi connectivity index (χ2n) is 1.58. The molecule has 0 amide bonds. The van der Waals surface area contributed by atoms with Crippen molar-refractivity contribution >= 4 is 6.34 Å². The van der Waals surface area contributed by atoms with Crippen LogP contribution in [-0.4, -0.2) is 24.0 Å². The Morgan fingerprint density at radius 3 is 2.30 bits per heavy atom. The highest BCUT2D eigenvalue weighted by Gasteiger charge is 2.42. The molecule has 0 saturated heterocycles. The number of hydrazone groups is 1. The van der Waals surface area contributed by atoms with E-state index in [-0.39, 0.29) is 0 Å². The van der Waals surface area contributed by atoms with Crippen LogP contribution in [0.25, 0.3) is 0 Å². The van der Waals surface area contributed by atoms with Gasteiger partial charge in [-0.25, -0.2) is 4.90 Å². The summed E-state index contributed by atoms with van der Waals surface area (Å²) < 4.78 is 46.8. The quantitative estimate of drug-likeness (QED) is 0.412. The third-order valence-corrected chi connectivity index (χ3v) is 0.900. The van der Waals surface area contributed by atoms with Crippen molar-refractivity contribution in [1.82, 2.24) is 10.3 Å². The Labute approximate surface area is 53.3 Å². The molecule has 1 N–H and O–H groups in total. The van der Waals surface area contributed by atoms with Gasteiger partial charge >= 0.3 is 6.30 Å². The lowest BCUT2D eigenvalue weighted by Crippen LogP contribution is -2.43. The Balaban J connectivity index is 2.64. The van der Waals surface area contributed by atoms with Crippen LogP contribution in [0.5, 0.6) is 0 Å². The molecule has 1 rings (SSSR count). The van der Waals surface area contributed by atoms with Crippen molar-refractivity contribution in [2.75, 3.05) is 0 Å². The standard InChI is InChI=1S/C3H3F4N3/c4-2-9-8-1-10(2)3(5,6)7/h1-2,9H. The number of nitrogens with one attached hydrogen (secondary N) is 1. The number of nitrogens with zero attached hydrogens (tertiary/aromatic N) is 2. The van der Waals surface area contributed by atoms with Crippen LogP contribution >= 0.6 is 0 Å². The van der Waals surface area contributed by atoms with Crippen LogP contribution < -0.4 is 5.43 Å². The van der Waals surface area contributed by atoms with Crippen LogP contribution in [0.3, 0.4) is 0 Å². The van der Waals surface area contributed by atoms with E-state index in [1.165, 1.54) is 0 Å². The summed E-state index contributed by atoms with van der Waals surface area (Å²) in [5, 5.41) is 2.87. The van der Waals surface area contributed by atoms with Gasteiger partial charge in [-0.1, -0.05) is 0 Å². The Morgan fingerprint density at radius 2 is 2.10 bits per heavy atom. The molecule has 58 valence electrons. The van der Waals surface area contributed by atoms with Gasteiger partial charge in [0.1, 0.15) is 6.34 Å². The van der Waals surface area contributed by atoms with Crippen molar-refractivity contribution in [3.8, 4) is 0 Å². The Kier molecular flexibility index (Phi) is 1.42. The molecular formula is C3H3F4N3. The summed E-state index contributed by atoms with van der Waals surface area (Å²) in [4.78, 5) is -0.479. The fraction of sp³-hybridized carbons (Fsp3) is 0.667. The Bertz CT molecular complexity index is 152. The van der Waals surface area contributed by atoms with Crippen molar-refractivity contribution < 1.29 is 17.6 Å². The number of halogens is 4. The summed E-state index contributed by atoms with van der Waals surface area (Å²) in [5.74, 6) is 0. The number of hydrogen-bond acceptors (Lipinski definition) is 3. The topological polar surface area (TPSA) is 27.6 Å². The fourth-order valence-electron chi connectivity index (χ4n) is 0.472. The predicted octanol–water partition coefficient (Wildman–Crippen LogP) is 0.608. The number of alkyl halides is 4. The van der Waals surface area contributed by atoms with Gasteiger partial charge in [0.05, 0.1) is 0 Å². The average molecular weight is 157 g/mol. The van der Waals surface area contributed by atoms with Crippen LogP contribution in [0.1, 0.15) is 0 Å². The SMILES string of the molecule is FC1NN=CN1C(F)(F)F. The van der Waals surface area contributed by atoms with Gasteiger partial charge in [-0.3, -0.25) is 5.43 Å². The van der Waals surface area contributed by atoms with Crippen LogP contribution in [0.4, 0.5) is 17.6 Å². The van der Waals surface area contributed by atoms with Crippen LogP contribution in [0, 0.1) is 0 Å². The maximum atomic E-state index is 12.1. The minimum absolute atomic E-state index is 0.352. The zero-order chi connectivity index (χ0) is 7.78. The zero-order valence-corrected chi connectivity index (χ0v) is 4.56. The van der Waals surface area contributed by atoms with E-state index in [9.17, 15) is 17.6 Å². The summed E-state index contributed by atoms with van der Waals surface area (Å²) in [7, 11) is 0. The van der Waals surface area contributed by atoms with E-state index in [1.807, 2.05) is 0 Å². The van der Waals surface area contributed by atoms with Gasteiger partial charge < -0.3 is 0 Å². The third-order valence-electron chi connectivity index (χ3n) is 0.900. The summed E-state index contributed by atoms with van der Waals surface area (Å²) >= 11 is 0. The van der Waals surface area contributed by atoms with Gasteiger partial charge in [-0.15, -0.1) is 13.2 Å². The van der Waals surface area contributed by atoms with E-state index in [0.29, 0.717) is 6.34 Å². The van der Waals surface area contributed by atoms with Crippen LogP contribution in [0.2, 0.25) is 0 Å². The van der Waals surface area contributed by atoms with E-state index in [1.54, 1.807) is 5.43 Å². The molecule has 0 aromatic heterocycles. The van der Waals surface area contributed by atoms with E-state index >= 15 is 0 Å². The third kappa shape index (κ3) is 1.12. The summed E-state index contributed by atoms with van der Waals surface area (Å²) in [6.07, 6.45) is -6.64. The molecule has 0 radical (unpaired) electrons. The molecule has 10 heavy (non-hydrogen) atoms. The molecule has 0 saturated carbocycles. The van der Waals surface area contributed by atoms with E-state index in [4.69, 9.17) is 0 Å². The zero-order valence-electron chi connectivity index (χ0n) is 4.56. The molecule has 0 aromatic carbocycles. The molecule has 0 aromatic rings. The minimum atomic E-state index is -4.70. The highest BCUT2D eigenvalue weighted by atomic mass is 19.4. The van der Waals surface area contributed by atoms with Crippen molar-refractivity contribution in [3.63, 3.8) is 0 Å². The second kappa shape index (κ2) is 1.99. The smallest absolute Gasteiger partial charge is 0.258 e. The first-order valence-corrected chi connectivity index (χ1v) is 2.30. The molecule has 0 fully saturated rings. The second-order valence-corrected chi connectivity index (χ2v) is 1.58. The van der Waals surface area contributed by atoms with Crippen molar-refractivity contribution in [2.24, 2.45) is 5.10 Å². The molecule has 3 nitrogen and oxygen atoms in total. The summed E-state index contributed by atoms with van der Waals surface area (Å²) in [6.45, 7) is 0. The number of rotatable bonds is 0. The van der Waals surface area contributed by atoms with Gasteiger partial charge in [-0.2, -0.15) is 9.49 Å². The lowest BCUT2D eigenvalue weighted by molar-refractivity contribution is -0.239. The first-order valence-electron chi connectivity index (χ1n) is 2.30. The van der Waals surface area contributed by atoms with Gasteiger partial charge in [-0.05, 0) is 0 Å². The average Bonchev–Trinajstić information content (AvgIpc) is 2.11. The van der Waals surface area contributed by atoms with Crippen LogP contribution in [0.15, 0.2) is 5.10 Å². The molecular weight excluding hydrogens is 154 g/mol. The highest BCUT2D eigenvalue weighted by Crippen LogP contribution is 2.23. The van der Waals surface area contributed by atoms with Gasteiger partial charge in [0.15, 0.2) is 0 Å². The van der Waals surface area contributed by atoms with E-state index in [0.717, 1.165) is 0 Å². The lowest BCUT2D eigenvalue weighted by atomic mass is 10.8. The minimum Gasteiger partial charge on any atom is -0.258 e. The van der Waals surface area contributed by atoms with E-state index in [2.05, 4.69) is 5.10 Å². The molecule has 1 aliphatic rings. The monoisotopic (exact) mass is 157 g/mol. The lowest BCUT2D eigenvalue weighted by Gasteiger charge is -2.19. The predicted molar refractivity (Wildman–Crippen MR) is 24.4 cm³/mol. The molecule has 0 aliphatic carbocycles. The summed E-state index contributed by atoms with van der Waals surface area (Å²) in [6, 6.07) is 0. The largest absolute Gasteiger partial charge is 0.489 e. The van der Waals surface area contributed by atoms with Crippen molar-refractivity contribution in [3.05, 3.63) is 0 Å². The van der Waals surface area contributed by atoms with Crippen molar-refractivity contribution in [1.29, 1.82) is 0 Å². The Morgan fingerprint density at radius 1 is 1.50 bits per heavy atom. The summed E-state index contributed by atoms with van der Waals surface area (Å²) in [5.41, 5.74) is 1.58. The maximum Gasteiger partial charge on any atom is 0.489 e. The van der Waals surface area contributed by atoms with Gasteiger partial charge in [0.25, 0.3) is 6.42 Å². The van der Waals surface area contributed by atoms with E-state index < -0.39 is 17.6 Å². The molecule has 0 spiro atoms. The number of hydrogen-bond donors (Lipinski definition) is 1. The van der Waals surface area contributed by atoms with Crippen LogP contribution in [-0.2, 0) is 0 Å².